The third-order valence-corrected chi connectivity index (χ3v) is 3.48. The van der Waals surface area contributed by atoms with Gasteiger partial charge in [0.15, 0.2) is 0 Å². The zero-order valence-electron chi connectivity index (χ0n) is 14.0. The lowest BCUT2D eigenvalue weighted by Gasteiger charge is -2.21. The number of benzene rings is 1. The monoisotopic (exact) mass is 312 g/mol. The maximum atomic E-state index is 12.6. The Balaban J connectivity index is 2.14. The van der Waals surface area contributed by atoms with E-state index in [2.05, 4.69) is 29.1 Å². The minimum absolute atomic E-state index is 0.0388. The first-order chi connectivity index (χ1) is 11.1. The third-order valence-electron chi connectivity index (χ3n) is 3.48. The first kappa shape index (κ1) is 16.9. The molecule has 0 spiro atoms. The highest BCUT2D eigenvalue weighted by Crippen LogP contribution is 2.16. The van der Waals surface area contributed by atoms with Crippen molar-refractivity contribution >= 4 is 17.4 Å². The van der Waals surface area contributed by atoms with E-state index in [0.717, 1.165) is 31.6 Å². The van der Waals surface area contributed by atoms with E-state index in [0.29, 0.717) is 11.5 Å². The van der Waals surface area contributed by atoms with Crippen LogP contribution in [-0.4, -0.2) is 33.9 Å². The van der Waals surface area contributed by atoms with Gasteiger partial charge >= 0.3 is 0 Å². The molecule has 0 unspecified atom stereocenters. The van der Waals surface area contributed by atoms with Crippen molar-refractivity contribution in [2.24, 2.45) is 0 Å². The number of carbonyl (C=O) groups is 1. The Morgan fingerprint density at radius 3 is 2.35 bits per heavy atom. The van der Waals surface area contributed by atoms with Gasteiger partial charge in [-0.2, -0.15) is 0 Å². The molecule has 122 valence electrons. The normalized spacial score (nSPS) is 10.4. The van der Waals surface area contributed by atoms with Crippen LogP contribution in [0.4, 0.5) is 11.5 Å². The minimum atomic E-state index is -0.0388. The fourth-order valence-corrected chi connectivity index (χ4v) is 2.34. The van der Waals surface area contributed by atoms with Gasteiger partial charge in [-0.1, -0.05) is 31.5 Å². The number of anilines is 2. The largest absolute Gasteiger partial charge is 0.340 e. The number of hydrogen-bond acceptors (Lipinski definition) is 4. The average Bonchev–Trinajstić information content (AvgIpc) is 2.56. The van der Waals surface area contributed by atoms with Crippen LogP contribution in [0.5, 0.6) is 0 Å². The van der Waals surface area contributed by atoms with Crippen molar-refractivity contribution in [2.45, 2.75) is 33.6 Å². The molecule has 2 aromatic rings. The van der Waals surface area contributed by atoms with Gasteiger partial charge < -0.3 is 10.2 Å². The topological polar surface area (TPSA) is 58.1 Å². The molecule has 2 rings (SSSR count). The highest BCUT2D eigenvalue weighted by Gasteiger charge is 2.16. The molecule has 0 fully saturated rings. The van der Waals surface area contributed by atoms with Gasteiger partial charge in [0.1, 0.15) is 17.8 Å². The summed E-state index contributed by atoms with van der Waals surface area (Å²) in [5, 5.41) is 3.21. The average molecular weight is 312 g/mol. The van der Waals surface area contributed by atoms with E-state index in [1.165, 1.54) is 11.9 Å². The zero-order valence-corrected chi connectivity index (χ0v) is 14.0. The first-order valence-electron chi connectivity index (χ1n) is 8.09. The second kappa shape index (κ2) is 8.27. The molecule has 0 aliphatic rings. The van der Waals surface area contributed by atoms with Gasteiger partial charge in [0, 0.05) is 24.8 Å². The van der Waals surface area contributed by atoms with Crippen LogP contribution in [0.1, 0.15) is 42.7 Å². The van der Waals surface area contributed by atoms with Crippen LogP contribution in [0.2, 0.25) is 0 Å². The molecule has 5 nitrogen and oxygen atoms in total. The van der Waals surface area contributed by atoms with Crippen molar-refractivity contribution in [1.29, 1.82) is 0 Å². The molecule has 1 amide bonds. The van der Waals surface area contributed by atoms with Gasteiger partial charge in [-0.15, -0.1) is 0 Å². The summed E-state index contributed by atoms with van der Waals surface area (Å²) in [5.41, 5.74) is 2.56. The van der Waals surface area contributed by atoms with Gasteiger partial charge in [0.05, 0.1) is 0 Å². The van der Waals surface area contributed by atoms with E-state index < -0.39 is 0 Å². The number of aromatic nitrogens is 2. The SMILES string of the molecule is CCCN(CCC)C(=O)c1cc(Nc2ccc(C)cc2)ncn1. The Morgan fingerprint density at radius 2 is 1.74 bits per heavy atom. The molecule has 1 heterocycles. The third kappa shape index (κ3) is 4.77. The Morgan fingerprint density at radius 1 is 1.09 bits per heavy atom. The van der Waals surface area contributed by atoms with Crippen molar-refractivity contribution in [3.8, 4) is 0 Å². The summed E-state index contributed by atoms with van der Waals surface area (Å²) in [6.07, 6.45) is 3.30. The lowest BCUT2D eigenvalue weighted by atomic mass is 10.2. The van der Waals surface area contributed by atoms with Crippen LogP contribution in [0.15, 0.2) is 36.7 Å². The summed E-state index contributed by atoms with van der Waals surface area (Å²) in [5.74, 6) is 0.586. The lowest BCUT2D eigenvalue weighted by Crippen LogP contribution is -2.33. The summed E-state index contributed by atoms with van der Waals surface area (Å²) in [7, 11) is 0. The molecule has 1 aromatic heterocycles. The summed E-state index contributed by atoms with van der Waals surface area (Å²) in [6.45, 7) is 7.68. The van der Waals surface area contributed by atoms with Crippen molar-refractivity contribution < 1.29 is 4.79 Å². The maximum absolute atomic E-state index is 12.6. The van der Waals surface area contributed by atoms with Gasteiger partial charge in [-0.05, 0) is 31.9 Å². The molecule has 1 N–H and O–H groups in total. The van der Waals surface area contributed by atoms with Crippen molar-refractivity contribution in [2.75, 3.05) is 18.4 Å². The van der Waals surface area contributed by atoms with E-state index in [4.69, 9.17) is 0 Å². The van der Waals surface area contributed by atoms with Crippen molar-refractivity contribution in [3.05, 3.63) is 47.9 Å². The van der Waals surface area contributed by atoms with E-state index >= 15 is 0 Å². The molecule has 1 aromatic carbocycles. The van der Waals surface area contributed by atoms with E-state index in [-0.39, 0.29) is 5.91 Å². The van der Waals surface area contributed by atoms with E-state index in [1.54, 1.807) is 6.07 Å². The Labute approximate surface area is 137 Å². The molecular formula is C18H24N4O. The van der Waals surface area contributed by atoms with Gasteiger partial charge in [0.2, 0.25) is 0 Å². The van der Waals surface area contributed by atoms with Gasteiger partial charge in [-0.3, -0.25) is 4.79 Å². The fraction of sp³-hybridized carbons (Fsp3) is 0.389. The maximum Gasteiger partial charge on any atom is 0.272 e. The minimum Gasteiger partial charge on any atom is -0.340 e. The fourth-order valence-electron chi connectivity index (χ4n) is 2.34. The summed E-state index contributed by atoms with van der Waals surface area (Å²) < 4.78 is 0. The molecule has 0 radical (unpaired) electrons. The summed E-state index contributed by atoms with van der Waals surface area (Å²) in [6, 6.07) is 9.74. The van der Waals surface area contributed by atoms with Crippen molar-refractivity contribution in [3.63, 3.8) is 0 Å². The van der Waals surface area contributed by atoms with Crippen LogP contribution < -0.4 is 5.32 Å². The van der Waals surface area contributed by atoms with Crippen LogP contribution in [0.3, 0.4) is 0 Å². The van der Waals surface area contributed by atoms with Crippen LogP contribution in [0.25, 0.3) is 0 Å². The molecule has 5 heteroatoms. The number of nitrogens with one attached hydrogen (secondary N) is 1. The highest BCUT2D eigenvalue weighted by atomic mass is 16.2. The number of hydrogen-bond donors (Lipinski definition) is 1. The Bertz CT molecular complexity index is 634. The summed E-state index contributed by atoms with van der Waals surface area (Å²) in [4.78, 5) is 22.8. The number of amides is 1. The molecule has 0 saturated carbocycles. The number of nitrogens with zero attached hydrogens (tertiary/aromatic N) is 3. The van der Waals surface area contributed by atoms with E-state index in [1.807, 2.05) is 36.1 Å². The molecule has 0 aliphatic heterocycles. The first-order valence-corrected chi connectivity index (χ1v) is 8.09. The molecule has 0 saturated heterocycles. The number of rotatable bonds is 7. The standard InChI is InChI=1S/C18H24N4O/c1-4-10-22(11-5-2)18(23)16-12-17(20-13-19-16)21-15-8-6-14(3)7-9-15/h6-9,12-13H,4-5,10-11H2,1-3H3,(H,19,20,21). The van der Waals surface area contributed by atoms with Crippen molar-refractivity contribution in [1.82, 2.24) is 14.9 Å². The predicted octanol–water partition coefficient (Wildman–Crippen LogP) is 3.79. The van der Waals surface area contributed by atoms with Gasteiger partial charge in [0.25, 0.3) is 5.91 Å². The second-order valence-corrected chi connectivity index (χ2v) is 5.57. The molecule has 0 bridgehead atoms. The van der Waals surface area contributed by atoms with E-state index in [9.17, 15) is 4.79 Å². The zero-order chi connectivity index (χ0) is 16.7. The molecular weight excluding hydrogens is 288 g/mol. The van der Waals surface area contributed by atoms with Crippen LogP contribution in [-0.2, 0) is 0 Å². The van der Waals surface area contributed by atoms with Crippen LogP contribution in [0, 0.1) is 6.92 Å². The Kier molecular flexibility index (Phi) is 6.09. The second-order valence-electron chi connectivity index (χ2n) is 5.57. The smallest absolute Gasteiger partial charge is 0.272 e. The molecule has 0 atom stereocenters. The Hall–Kier alpha value is -2.43. The lowest BCUT2D eigenvalue weighted by molar-refractivity contribution is 0.0749. The molecule has 0 aliphatic carbocycles. The quantitative estimate of drug-likeness (QED) is 0.845. The number of aryl methyl sites for hydroxylation is 1. The molecule has 23 heavy (non-hydrogen) atoms. The number of carbonyl (C=O) groups excluding carboxylic acids is 1. The van der Waals surface area contributed by atoms with Crippen LogP contribution >= 0.6 is 0 Å². The van der Waals surface area contributed by atoms with Gasteiger partial charge in [-0.25, -0.2) is 9.97 Å². The summed E-state index contributed by atoms with van der Waals surface area (Å²) >= 11 is 0. The highest BCUT2D eigenvalue weighted by molar-refractivity contribution is 5.93. The predicted molar refractivity (Wildman–Crippen MR) is 93.0 cm³/mol.